The molecular formula is C15H20N2O2S. The van der Waals surface area contributed by atoms with E-state index in [4.69, 9.17) is 4.74 Å². The molecule has 0 N–H and O–H groups in total. The molecule has 20 heavy (non-hydrogen) atoms. The largest absolute Gasteiger partial charge is 0.379 e. The highest BCUT2D eigenvalue weighted by molar-refractivity contribution is 8.00. The number of hydrogen-bond acceptors (Lipinski definition) is 4. The molecule has 1 aromatic rings. The SMILES string of the molecule is O=C1CS[C@H](c2ccccc2)N1CCN1CCOCC1. The Kier molecular flexibility index (Phi) is 4.60. The van der Waals surface area contributed by atoms with Gasteiger partial charge in [-0.2, -0.15) is 0 Å². The molecule has 0 spiro atoms. The molecule has 5 heteroatoms. The van der Waals surface area contributed by atoms with Crippen molar-refractivity contribution in [3.05, 3.63) is 35.9 Å². The zero-order chi connectivity index (χ0) is 13.8. The van der Waals surface area contributed by atoms with Crippen molar-refractivity contribution >= 4 is 17.7 Å². The van der Waals surface area contributed by atoms with Crippen molar-refractivity contribution in [3.8, 4) is 0 Å². The van der Waals surface area contributed by atoms with Crippen molar-refractivity contribution in [2.45, 2.75) is 5.37 Å². The number of hydrogen-bond donors (Lipinski definition) is 0. The number of benzene rings is 1. The minimum Gasteiger partial charge on any atom is -0.379 e. The first-order valence-corrected chi connectivity index (χ1v) is 8.15. The molecule has 1 amide bonds. The third-order valence-electron chi connectivity index (χ3n) is 3.81. The number of rotatable bonds is 4. The Morgan fingerprint density at radius 1 is 1.15 bits per heavy atom. The second-order valence-corrected chi connectivity index (χ2v) is 6.18. The van der Waals surface area contributed by atoms with Gasteiger partial charge in [0, 0.05) is 26.2 Å². The van der Waals surface area contributed by atoms with E-state index in [1.165, 1.54) is 5.56 Å². The first kappa shape index (κ1) is 13.9. The molecule has 0 aliphatic carbocycles. The van der Waals surface area contributed by atoms with Gasteiger partial charge in [-0.05, 0) is 5.56 Å². The number of morpholine rings is 1. The molecule has 2 heterocycles. The molecular weight excluding hydrogens is 272 g/mol. The number of thioether (sulfide) groups is 1. The third kappa shape index (κ3) is 3.16. The van der Waals surface area contributed by atoms with Crippen LogP contribution in [0.4, 0.5) is 0 Å². The summed E-state index contributed by atoms with van der Waals surface area (Å²) in [5.41, 5.74) is 1.23. The highest BCUT2D eigenvalue weighted by atomic mass is 32.2. The van der Waals surface area contributed by atoms with Gasteiger partial charge < -0.3 is 9.64 Å². The summed E-state index contributed by atoms with van der Waals surface area (Å²) in [5.74, 6) is 0.861. The fourth-order valence-electron chi connectivity index (χ4n) is 2.66. The van der Waals surface area contributed by atoms with Crippen LogP contribution in [0, 0.1) is 0 Å². The number of ether oxygens (including phenoxy) is 1. The third-order valence-corrected chi connectivity index (χ3v) is 5.07. The molecule has 1 atom stereocenters. The van der Waals surface area contributed by atoms with Gasteiger partial charge in [0.2, 0.25) is 5.91 Å². The zero-order valence-corrected chi connectivity index (χ0v) is 12.3. The van der Waals surface area contributed by atoms with E-state index in [1.807, 2.05) is 23.1 Å². The Balaban J connectivity index is 1.62. The van der Waals surface area contributed by atoms with E-state index in [0.29, 0.717) is 5.75 Å². The van der Waals surface area contributed by atoms with Crippen LogP contribution in [-0.2, 0) is 9.53 Å². The first-order valence-electron chi connectivity index (χ1n) is 7.11. The van der Waals surface area contributed by atoms with Crippen molar-refractivity contribution in [1.82, 2.24) is 9.80 Å². The van der Waals surface area contributed by atoms with E-state index in [-0.39, 0.29) is 11.3 Å². The summed E-state index contributed by atoms with van der Waals surface area (Å²) in [5, 5.41) is 0.185. The van der Waals surface area contributed by atoms with Crippen molar-refractivity contribution in [2.75, 3.05) is 45.1 Å². The Hall–Kier alpha value is -1.04. The molecule has 3 rings (SSSR count). The lowest BCUT2D eigenvalue weighted by atomic mass is 10.2. The summed E-state index contributed by atoms with van der Waals surface area (Å²) in [6, 6.07) is 10.3. The number of carbonyl (C=O) groups is 1. The molecule has 0 bridgehead atoms. The summed E-state index contributed by atoms with van der Waals surface area (Å²) in [6.45, 7) is 5.33. The fraction of sp³-hybridized carbons (Fsp3) is 0.533. The predicted molar refractivity (Wildman–Crippen MR) is 80.6 cm³/mol. The van der Waals surface area contributed by atoms with Gasteiger partial charge in [-0.1, -0.05) is 30.3 Å². The summed E-state index contributed by atoms with van der Waals surface area (Å²) < 4.78 is 5.36. The van der Waals surface area contributed by atoms with Crippen LogP contribution in [-0.4, -0.2) is 60.9 Å². The van der Waals surface area contributed by atoms with E-state index in [1.54, 1.807) is 11.8 Å². The smallest absolute Gasteiger partial charge is 0.233 e. The van der Waals surface area contributed by atoms with E-state index < -0.39 is 0 Å². The van der Waals surface area contributed by atoms with E-state index in [9.17, 15) is 4.79 Å². The monoisotopic (exact) mass is 292 g/mol. The maximum absolute atomic E-state index is 12.1. The summed E-state index contributed by atoms with van der Waals surface area (Å²) in [6.07, 6.45) is 0. The molecule has 0 saturated carbocycles. The van der Waals surface area contributed by atoms with Crippen LogP contribution in [0.25, 0.3) is 0 Å². The zero-order valence-electron chi connectivity index (χ0n) is 11.5. The highest BCUT2D eigenvalue weighted by Gasteiger charge is 2.32. The lowest BCUT2D eigenvalue weighted by Gasteiger charge is -2.30. The van der Waals surface area contributed by atoms with E-state index in [2.05, 4.69) is 17.0 Å². The van der Waals surface area contributed by atoms with Crippen LogP contribution in [0.5, 0.6) is 0 Å². The molecule has 0 unspecified atom stereocenters. The van der Waals surface area contributed by atoms with Gasteiger partial charge in [-0.15, -0.1) is 11.8 Å². The van der Waals surface area contributed by atoms with Gasteiger partial charge in [-0.3, -0.25) is 9.69 Å². The maximum atomic E-state index is 12.1. The Labute approximate surface area is 124 Å². The van der Waals surface area contributed by atoms with Gasteiger partial charge in [0.1, 0.15) is 5.37 Å². The fourth-order valence-corrected chi connectivity index (χ4v) is 3.88. The van der Waals surface area contributed by atoms with Gasteiger partial charge in [0.25, 0.3) is 0 Å². The Bertz CT molecular complexity index is 448. The second kappa shape index (κ2) is 6.61. The molecule has 108 valence electrons. The van der Waals surface area contributed by atoms with Crippen molar-refractivity contribution in [1.29, 1.82) is 0 Å². The van der Waals surface area contributed by atoms with Crippen LogP contribution >= 0.6 is 11.8 Å². The van der Waals surface area contributed by atoms with Crippen LogP contribution in [0.3, 0.4) is 0 Å². The second-order valence-electron chi connectivity index (χ2n) is 5.12. The van der Waals surface area contributed by atoms with Crippen molar-refractivity contribution < 1.29 is 9.53 Å². The lowest BCUT2D eigenvalue weighted by Crippen LogP contribution is -2.42. The maximum Gasteiger partial charge on any atom is 0.233 e. The summed E-state index contributed by atoms with van der Waals surface area (Å²) in [7, 11) is 0. The average Bonchev–Trinajstić information content (AvgIpc) is 2.88. The molecule has 0 radical (unpaired) electrons. The summed E-state index contributed by atoms with van der Waals surface area (Å²) >= 11 is 1.73. The van der Waals surface area contributed by atoms with Gasteiger partial charge in [0.15, 0.2) is 0 Å². The molecule has 4 nitrogen and oxygen atoms in total. The quantitative estimate of drug-likeness (QED) is 0.844. The van der Waals surface area contributed by atoms with Gasteiger partial charge in [-0.25, -0.2) is 0 Å². The normalized spacial score (nSPS) is 24.3. The molecule has 0 aromatic heterocycles. The number of nitrogens with zero attached hydrogens (tertiary/aromatic N) is 2. The minimum atomic E-state index is 0.185. The Morgan fingerprint density at radius 2 is 1.90 bits per heavy atom. The first-order chi connectivity index (χ1) is 9.84. The minimum absolute atomic E-state index is 0.185. The predicted octanol–water partition coefficient (Wildman–Crippen LogP) is 1.59. The van der Waals surface area contributed by atoms with E-state index in [0.717, 1.165) is 39.4 Å². The average molecular weight is 292 g/mol. The highest BCUT2D eigenvalue weighted by Crippen LogP contribution is 2.38. The van der Waals surface area contributed by atoms with Crippen LogP contribution < -0.4 is 0 Å². The Morgan fingerprint density at radius 3 is 2.65 bits per heavy atom. The number of amides is 1. The van der Waals surface area contributed by atoms with Gasteiger partial charge in [0.05, 0.1) is 19.0 Å². The molecule has 2 fully saturated rings. The lowest BCUT2D eigenvalue weighted by molar-refractivity contribution is -0.128. The van der Waals surface area contributed by atoms with Crippen LogP contribution in [0.2, 0.25) is 0 Å². The summed E-state index contributed by atoms with van der Waals surface area (Å²) in [4.78, 5) is 16.5. The topological polar surface area (TPSA) is 32.8 Å². The number of carbonyl (C=O) groups excluding carboxylic acids is 1. The van der Waals surface area contributed by atoms with Crippen LogP contribution in [0.15, 0.2) is 30.3 Å². The molecule has 1 aromatic carbocycles. The molecule has 2 aliphatic rings. The molecule has 2 saturated heterocycles. The standard InChI is InChI=1S/C15H20N2O2S/c18-14-12-20-15(13-4-2-1-3-5-13)17(14)7-6-16-8-10-19-11-9-16/h1-5,15H,6-12H2/t15-/m1/s1. The van der Waals surface area contributed by atoms with E-state index >= 15 is 0 Å². The van der Waals surface area contributed by atoms with Crippen molar-refractivity contribution in [2.24, 2.45) is 0 Å². The molecule has 2 aliphatic heterocycles. The van der Waals surface area contributed by atoms with Crippen LogP contribution in [0.1, 0.15) is 10.9 Å². The van der Waals surface area contributed by atoms with Gasteiger partial charge >= 0.3 is 0 Å². The van der Waals surface area contributed by atoms with Crippen molar-refractivity contribution in [3.63, 3.8) is 0 Å².